The Hall–Kier alpha value is -4.15. The number of benzene rings is 1. The van der Waals surface area contributed by atoms with Gasteiger partial charge >= 0.3 is 11.8 Å². The molecule has 11 heteroatoms. The Morgan fingerprint density at radius 1 is 1.15 bits per heavy atom. The normalized spacial score (nSPS) is 17.8. The molecule has 0 saturated carbocycles. The molecular weight excluding hydrogens is 444 g/mol. The summed E-state index contributed by atoms with van der Waals surface area (Å²) in [6, 6.07) is 6.58. The zero-order chi connectivity index (χ0) is 23.6. The van der Waals surface area contributed by atoms with Crippen LogP contribution in [0.2, 0.25) is 0 Å². The third-order valence-corrected chi connectivity index (χ3v) is 4.58. The Bertz CT molecular complexity index is 1210. The van der Waals surface area contributed by atoms with Gasteiger partial charge in [-0.15, -0.1) is 0 Å². The summed E-state index contributed by atoms with van der Waals surface area (Å²) in [5.74, 6) is -9.87. The third-order valence-electron chi connectivity index (χ3n) is 4.58. The first kappa shape index (κ1) is 22.1. The van der Waals surface area contributed by atoms with E-state index in [9.17, 15) is 22.4 Å². The zero-order valence-electron chi connectivity index (χ0n) is 17.0. The molecule has 2 heterocycles. The highest BCUT2D eigenvalue weighted by Crippen LogP contribution is 2.46. The summed E-state index contributed by atoms with van der Waals surface area (Å²) in [6.45, 7) is 1.35. The van der Waals surface area contributed by atoms with Crippen molar-refractivity contribution in [1.29, 1.82) is 0 Å². The Kier molecular flexibility index (Phi) is 5.62. The van der Waals surface area contributed by atoms with E-state index in [-0.39, 0.29) is 29.4 Å². The van der Waals surface area contributed by atoms with Crippen molar-refractivity contribution < 1.29 is 31.8 Å². The highest BCUT2D eigenvalue weighted by atomic mass is 19.3. The first-order valence-corrected chi connectivity index (χ1v) is 9.52. The molecule has 1 amide bonds. The standard InChI is InChI=1S/C22H16F4N4O3/c1-14(31)28-16-5-2-4-15(10-16)17-11-27-12-19(29-17)30(20-13-32-8-9-33-20)18-6-3-7-21(23,24)22(18,25)26/h2-13H,1H3,(H,28,31). The fourth-order valence-electron chi connectivity index (χ4n) is 3.13. The van der Waals surface area contributed by atoms with Crippen LogP contribution < -0.4 is 10.2 Å². The van der Waals surface area contributed by atoms with Crippen molar-refractivity contribution in [3.63, 3.8) is 0 Å². The summed E-state index contributed by atoms with van der Waals surface area (Å²) < 4.78 is 68.0. The number of anilines is 2. The van der Waals surface area contributed by atoms with E-state index in [0.717, 1.165) is 37.1 Å². The van der Waals surface area contributed by atoms with Crippen molar-refractivity contribution in [2.45, 2.75) is 18.8 Å². The molecule has 0 bridgehead atoms. The molecule has 170 valence electrons. The highest BCUT2D eigenvalue weighted by Gasteiger charge is 2.60. The minimum Gasteiger partial charge on any atom is -0.464 e. The monoisotopic (exact) mass is 460 g/mol. The summed E-state index contributed by atoms with van der Waals surface area (Å²) in [5, 5.41) is 2.63. The molecule has 2 aliphatic rings. The van der Waals surface area contributed by atoms with Crippen LogP contribution in [0, 0.1) is 0 Å². The summed E-state index contributed by atoms with van der Waals surface area (Å²) in [7, 11) is 0. The average Bonchev–Trinajstić information content (AvgIpc) is 2.78. The van der Waals surface area contributed by atoms with E-state index >= 15 is 0 Å². The number of rotatable bonds is 5. The van der Waals surface area contributed by atoms with Gasteiger partial charge in [0.15, 0.2) is 12.1 Å². The van der Waals surface area contributed by atoms with Crippen LogP contribution in [0.15, 0.2) is 85.3 Å². The predicted molar refractivity (Wildman–Crippen MR) is 111 cm³/mol. The van der Waals surface area contributed by atoms with E-state index in [4.69, 9.17) is 9.47 Å². The molecule has 1 aromatic carbocycles. The van der Waals surface area contributed by atoms with Crippen LogP contribution in [0.4, 0.5) is 29.1 Å². The Morgan fingerprint density at radius 3 is 2.70 bits per heavy atom. The second-order valence-corrected chi connectivity index (χ2v) is 6.95. The van der Waals surface area contributed by atoms with Gasteiger partial charge in [-0.1, -0.05) is 18.2 Å². The van der Waals surface area contributed by atoms with E-state index in [0.29, 0.717) is 16.2 Å². The van der Waals surface area contributed by atoms with Crippen molar-refractivity contribution in [2.75, 3.05) is 10.2 Å². The highest BCUT2D eigenvalue weighted by molar-refractivity contribution is 5.89. The number of halogens is 4. The summed E-state index contributed by atoms with van der Waals surface area (Å²) in [4.78, 5) is 20.4. The smallest absolute Gasteiger partial charge is 0.354 e. The van der Waals surface area contributed by atoms with Crippen LogP contribution in [0.1, 0.15) is 6.92 Å². The van der Waals surface area contributed by atoms with E-state index in [2.05, 4.69) is 15.3 Å². The topological polar surface area (TPSA) is 76.6 Å². The van der Waals surface area contributed by atoms with Gasteiger partial charge in [0, 0.05) is 18.2 Å². The number of nitrogens with one attached hydrogen (secondary N) is 1. The number of hydrogen-bond acceptors (Lipinski definition) is 6. The number of ether oxygens (including phenoxy) is 2. The molecule has 1 aliphatic heterocycles. The molecule has 1 N–H and O–H groups in total. The molecule has 0 fully saturated rings. The molecular formula is C22H16F4N4O3. The molecule has 2 aromatic rings. The maximum absolute atomic E-state index is 14.8. The number of nitrogens with zero attached hydrogens (tertiary/aromatic N) is 3. The molecule has 0 radical (unpaired) electrons. The number of amides is 1. The Balaban J connectivity index is 1.80. The SMILES string of the molecule is CC(=O)Nc1cccc(-c2cncc(N(C3=COC=CO3)C3=CC=CC(F)(F)C3(F)F)n2)c1. The second kappa shape index (κ2) is 8.41. The lowest BCUT2D eigenvalue weighted by molar-refractivity contribution is -0.156. The van der Waals surface area contributed by atoms with Crippen molar-refractivity contribution >= 4 is 17.4 Å². The van der Waals surface area contributed by atoms with Crippen molar-refractivity contribution in [2.24, 2.45) is 0 Å². The van der Waals surface area contributed by atoms with Gasteiger partial charge in [-0.25, -0.2) is 4.98 Å². The lowest BCUT2D eigenvalue weighted by Gasteiger charge is -2.35. The molecule has 0 atom stereocenters. The van der Waals surface area contributed by atoms with Crippen LogP contribution in [-0.2, 0) is 14.3 Å². The van der Waals surface area contributed by atoms with Crippen LogP contribution >= 0.6 is 0 Å². The maximum Gasteiger partial charge on any atom is 0.354 e. The number of allylic oxidation sites excluding steroid dienone is 4. The van der Waals surface area contributed by atoms with Gasteiger partial charge in [0.25, 0.3) is 0 Å². The molecule has 7 nitrogen and oxygen atoms in total. The third kappa shape index (κ3) is 4.29. The summed E-state index contributed by atoms with van der Waals surface area (Å²) in [6.07, 6.45) is 7.45. The van der Waals surface area contributed by atoms with Crippen LogP contribution in [0.25, 0.3) is 11.3 Å². The number of carbonyl (C=O) groups is 1. The van der Waals surface area contributed by atoms with Crippen LogP contribution in [-0.4, -0.2) is 27.7 Å². The van der Waals surface area contributed by atoms with Gasteiger partial charge in [-0.05, 0) is 24.3 Å². The molecule has 0 saturated heterocycles. The zero-order valence-corrected chi connectivity index (χ0v) is 17.0. The quantitative estimate of drug-likeness (QED) is 0.637. The maximum atomic E-state index is 14.8. The van der Waals surface area contributed by atoms with Gasteiger partial charge in [-0.2, -0.15) is 17.6 Å². The molecule has 0 spiro atoms. The fourth-order valence-corrected chi connectivity index (χ4v) is 3.13. The molecule has 1 aliphatic carbocycles. The number of aromatic nitrogens is 2. The second-order valence-electron chi connectivity index (χ2n) is 6.95. The predicted octanol–water partition coefficient (Wildman–Crippen LogP) is 4.95. The average molecular weight is 460 g/mol. The largest absolute Gasteiger partial charge is 0.464 e. The van der Waals surface area contributed by atoms with Gasteiger partial charge in [0.1, 0.15) is 18.2 Å². The van der Waals surface area contributed by atoms with E-state index < -0.39 is 17.5 Å². The van der Waals surface area contributed by atoms with E-state index in [1.54, 1.807) is 24.3 Å². The number of alkyl halides is 4. The Morgan fingerprint density at radius 2 is 1.97 bits per heavy atom. The van der Waals surface area contributed by atoms with E-state index in [1.165, 1.54) is 13.1 Å². The molecule has 1 aromatic heterocycles. The number of hydrogen-bond donors (Lipinski definition) is 1. The Labute approximate surface area is 185 Å². The summed E-state index contributed by atoms with van der Waals surface area (Å²) in [5.41, 5.74) is 0.130. The minimum absolute atomic E-state index is 0.122. The molecule has 4 rings (SSSR count). The number of carbonyl (C=O) groups excluding carboxylic acids is 1. The van der Waals surface area contributed by atoms with Crippen molar-refractivity contribution in [1.82, 2.24) is 9.97 Å². The van der Waals surface area contributed by atoms with Gasteiger partial charge in [0.2, 0.25) is 11.8 Å². The van der Waals surface area contributed by atoms with Crippen molar-refractivity contribution in [3.05, 3.63) is 85.3 Å². The summed E-state index contributed by atoms with van der Waals surface area (Å²) >= 11 is 0. The van der Waals surface area contributed by atoms with E-state index in [1.807, 2.05) is 0 Å². The van der Waals surface area contributed by atoms with Gasteiger partial charge in [-0.3, -0.25) is 14.7 Å². The lowest BCUT2D eigenvalue weighted by atomic mass is 10.0. The van der Waals surface area contributed by atoms with Crippen LogP contribution in [0.3, 0.4) is 0 Å². The fraction of sp³-hybridized carbons (Fsp3) is 0.136. The first-order chi connectivity index (χ1) is 15.7. The first-order valence-electron chi connectivity index (χ1n) is 9.52. The molecule has 33 heavy (non-hydrogen) atoms. The minimum atomic E-state index is -4.59. The van der Waals surface area contributed by atoms with Crippen molar-refractivity contribution in [3.8, 4) is 11.3 Å². The van der Waals surface area contributed by atoms with Gasteiger partial charge < -0.3 is 14.8 Å². The van der Waals surface area contributed by atoms with Crippen LogP contribution in [0.5, 0.6) is 0 Å². The lowest BCUT2D eigenvalue weighted by Crippen LogP contribution is -2.48. The molecule has 0 unspecified atom stereocenters. The van der Waals surface area contributed by atoms with Gasteiger partial charge in [0.05, 0.1) is 18.1 Å².